The number of hydrogen-bond acceptors (Lipinski definition) is 4. The van der Waals surface area contributed by atoms with Gasteiger partial charge in [0, 0.05) is 58.9 Å². The van der Waals surface area contributed by atoms with Crippen LogP contribution in [0.1, 0.15) is 0 Å². The van der Waals surface area contributed by atoms with E-state index in [1.54, 1.807) is 0 Å². The van der Waals surface area contributed by atoms with Crippen molar-refractivity contribution in [3.8, 4) is 22.3 Å². The van der Waals surface area contributed by atoms with Crippen molar-refractivity contribution in [3.63, 3.8) is 0 Å². The maximum absolute atomic E-state index is 4.52. The number of para-hydroxylation sites is 4. The largest absolute Gasteiger partial charge is 0.311 e. The van der Waals surface area contributed by atoms with Crippen molar-refractivity contribution in [2.24, 2.45) is 0 Å². The second-order valence-corrected chi connectivity index (χ2v) is 27.8. The number of anilines is 6. The van der Waals surface area contributed by atoms with Crippen LogP contribution in [0.3, 0.4) is 0 Å². The van der Waals surface area contributed by atoms with Gasteiger partial charge in [0.05, 0.1) is 0 Å². The lowest BCUT2D eigenvalue weighted by molar-refractivity contribution is 1.29. The molecule has 6 heteroatoms. The third-order valence-electron chi connectivity index (χ3n) is 16.6. The van der Waals surface area contributed by atoms with Gasteiger partial charge in [-0.3, -0.25) is 9.97 Å². The number of pyridine rings is 2. The van der Waals surface area contributed by atoms with Gasteiger partial charge in [0.1, 0.15) is 0 Å². The first-order valence-corrected chi connectivity index (χ1v) is 30.8. The van der Waals surface area contributed by atoms with Crippen molar-refractivity contribution in [3.05, 3.63) is 304 Å². The summed E-state index contributed by atoms with van der Waals surface area (Å²) in [6.07, 6.45) is 7.65. The molecular weight excluding hydrogens is 977 g/mol. The summed E-state index contributed by atoms with van der Waals surface area (Å²) in [4.78, 5) is 14.1. The van der Waals surface area contributed by atoms with Gasteiger partial charge in [0.25, 0.3) is 0 Å². The Morgan fingerprint density at radius 2 is 0.513 bits per heavy atom. The molecule has 4 heterocycles. The number of hydrogen-bond donors (Lipinski definition) is 0. The van der Waals surface area contributed by atoms with Crippen LogP contribution in [0.5, 0.6) is 0 Å². The molecule has 0 radical (unpaired) electrons. The molecule has 2 aliphatic rings. The van der Waals surface area contributed by atoms with E-state index in [-0.39, 0.29) is 0 Å². The summed E-state index contributed by atoms with van der Waals surface area (Å²) in [7, 11) is -5.68. The average molecular weight is 1030 g/mol. The Labute approximate surface area is 456 Å². The van der Waals surface area contributed by atoms with Crippen LogP contribution in [0.4, 0.5) is 34.1 Å². The van der Waals surface area contributed by atoms with E-state index in [2.05, 4.69) is 299 Å². The Kier molecular flexibility index (Phi) is 10.8. The molecule has 11 aromatic carbocycles. The van der Waals surface area contributed by atoms with Crippen LogP contribution in [0.2, 0.25) is 0 Å². The molecule has 78 heavy (non-hydrogen) atoms. The summed E-state index contributed by atoms with van der Waals surface area (Å²) in [5.41, 5.74) is 11.6. The van der Waals surface area contributed by atoms with Crippen molar-refractivity contribution in [2.45, 2.75) is 0 Å². The first-order valence-electron chi connectivity index (χ1n) is 26.8. The molecular formula is C72H50N4Si2. The summed E-state index contributed by atoms with van der Waals surface area (Å²) in [6, 6.07) is 105. The Balaban J connectivity index is 1.02. The van der Waals surface area contributed by atoms with E-state index in [1.807, 2.05) is 24.8 Å². The van der Waals surface area contributed by atoms with Gasteiger partial charge in [-0.2, -0.15) is 0 Å². The van der Waals surface area contributed by atoms with E-state index in [4.69, 9.17) is 0 Å². The molecule has 0 atom stereocenters. The van der Waals surface area contributed by atoms with Gasteiger partial charge in [-0.25, -0.2) is 0 Å². The molecule has 2 aliphatic heterocycles. The predicted octanol–water partition coefficient (Wildman–Crippen LogP) is 12.4. The summed E-state index contributed by atoms with van der Waals surface area (Å²) < 4.78 is 0. The fourth-order valence-corrected chi connectivity index (χ4v) is 23.7. The standard InChI is InChI=1S/C72H50N4Si2/c1-5-21-55(22-6-1)77(56-23-7-2-8-24-56)67-33-17-13-29-63(67)75(64-30-14-18-34-68(64)77)53-37-39-59-61(49-53)62-50-54(38-40-60(62)72(52-43-47-74-48-44-52)71(59)51-41-45-73-46-42-51)76-65-31-15-19-35-69(65)78(57-25-9-3-10-26-57,58-27-11-4-12-28-58)70-36-20-16-32-66(70)76/h1-50H. The third kappa shape index (κ3) is 6.77. The molecule has 0 saturated heterocycles. The zero-order chi connectivity index (χ0) is 51.6. The fourth-order valence-electron chi connectivity index (χ4n) is 13.5. The highest BCUT2D eigenvalue weighted by Crippen LogP contribution is 2.49. The van der Waals surface area contributed by atoms with Crippen molar-refractivity contribution >= 4 is 113 Å². The van der Waals surface area contributed by atoms with Crippen molar-refractivity contribution in [1.29, 1.82) is 0 Å². The first kappa shape index (κ1) is 45.6. The van der Waals surface area contributed by atoms with E-state index in [9.17, 15) is 0 Å². The molecule has 0 aliphatic carbocycles. The molecule has 2 aromatic heterocycles. The van der Waals surface area contributed by atoms with Crippen LogP contribution in [0.15, 0.2) is 304 Å². The highest BCUT2D eigenvalue weighted by atomic mass is 28.3. The minimum absolute atomic E-state index is 1.10. The minimum atomic E-state index is -2.84. The number of fused-ring (bicyclic) bond motifs is 7. The molecule has 0 amide bonds. The molecule has 13 aromatic rings. The number of nitrogens with zero attached hydrogens (tertiary/aromatic N) is 4. The lowest BCUT2D eigenvalue weighted by atomic mass is 9.85. The van der Waals surface area contributed by atoms with E-state index >= 15 is 0 Å². The van der Waals surface area contributed by atoms with Gasteiger partial charge in [-0.05, 0) is 158 Å². The van der Waals surface area contributed by atoms with Gasteiger partial charge in [0.15, 0.2) is 16.1 Å². The lowest BCUT2D eigenvalue weighted by Crippen LogP contribution is -2.77. The Morgan fingerprint density at radius 1 is 0.244 bits per heavy atom. The molecule has 0 unspecified atom stereocenters. The first-order chi connectivity index (χ1) is 38.7. The van der Waals surface area contributed by atoms with Gasteiger partial charge >= 0.3 is 0 Å². The maximum atomic E-state index is 4.52. The van der Waals surface area contributed by atoms with Gasteiger partial charge in [0.2, 0.25) is 0 Å². The van der Waals surface area contributed by atoms with E-state index in [0.29, 0.717) is 0 Å². The van der Waals surface area contributed by atoms with Crippen LogP contribution in [0.25, 0.3) is 43.8 Å². The summed E-state index contributed by atoms with van der Waals surface area (Å²) in [5, 5.41) is 15.6. The van der Waals surface area contributed by atoms with Gasteiger partial charge < -0.3 is 9.80 Å². The van der Waals surface area contributed by atoms with Gasteiger partial charge in [-0.15, -0.1) is 0 Å². The zero-order valence-corrected chi connectivity index (χ0v) is 44.7. The SMILES string of the molecule is c1ccc([Si]2(c3ccccc3)c3ccccc3N(c3ccc4c(-c5ccncc5)c(-c5ccncc5)c5ccc(N6c7ccccc7[Si](c7ccccc7)(c7ccccc7)c7ccccc76)cc5c4c3)c3ccccc32)cc1. The monoisotopic (exact) mass is 1030 g/mol. The molecule has 0 spiro atoms. The van der Waals surface area contributed by atoms with Crippen molar-refractivity contribution in [1.82, 2.24) is 9.97 Å². The van der Waals surface area contributed by atoms with E-state index in [0.717, 1.165) is 33.3 Å². The normalized spacial score (nSPS) is 13.8. The van der Waals surface area contributed by atoms with Crippen molar-refractivity contribution in [2.75, 3.05) is 9.80 Å². The minimum Gasteiger partial charge on any atom is -0.311 e. The number of benzene rings is 11. The van der Waals surface area contributed by atoms with Crippen LogP contribution < -0.4 is 51.3 Å². The smallest absolute Gasteiger partial charge is 0.184 e. The molecule has 0 N–H and O–H groups in total. The van der Waals surface area contributed by atoms with Crippen LogP contribution >= 0.6 is 0 Å². The molecule has 0 fully saturated rings. The van der Waals surface area contributed by atoms with Crippen LogP contribution in [0, 0.1) is 0 Å². The zero-order valence-electron chi connectivity index (χ0n) is 42.7. The quantitative estimate of drug-likeness (QED) is 0.112. The maximum Gasteiger partial charge on any atom is 0.184 e. The summed E-state index contributed by atoms with van der Waals surface area (Å²) in [6.45, 7) is 0. The molecule has 366 valence electrons. The third-order valence-corrected chi connectivity index (χ3v) is 26.3. The number of rotatable bonds is 8. The number of aromatic nitrogens is 2. The second-order valence-electron chi connectivity index (χ2n) is 20.4. The Hall–Kier alpha value is -9.73. The Morgan fingerprint density at radius 3 is 0.808 bits per heavy atom. The summed E-state index contributed by atoms with van der Waals surface area (Å²) in [5.74, 6) is 0. The predicted molar refractivity (Wildman–Crippen MR) is 332 cm³/mol. The molecule has 0 saturated carbocycles. The van der Waals surface area contributed by atoms with Gasteiger partial charge in [-0.1, -0.05) is 206 Å². The molecule has 4 nitrogen and oxygen atoms in total. The summed E-state index contributed by atoms with van der Waals surface area (Å²) >= 11 is 0. The van der Waals surface area contributed by atoms with E-state index < -0.39 is 16.1 Å². The second kappa shape index (κ2) is 18.5. The van der Waals surface area contributed by atoms with Crippen LogP contribution in [-0.2, 0) is 0 Å². The average Bonchev–Trinajstić information content (AvgIpc) is 3.52. The molecule has 15 rings (SSSR count). The topological polar surface area (TPSA) is 32.3 Å². The Bertz CT molecular complexity index is 3930. The highest BCUT2D eigenvalue weighted by Gasteiger charge is 2.50. The lowest BCUT2D eigenvalue weighted by Gasteiger charge is -2.45. The van der Waals surface area contributed by atoms with Crippen molar-refractivity contribution < 1.29 is 0 Å². The highest BCUT2D eigenvalue weighted by molar-refractivity contribution is 7.22. The van der Waals surface area contributed by atoms with Crippen LogP contribution in [-0.4, -0.2) is 26.1 Å². The fraction of sp³-hybridized carbons (Fsp3) is 0. The van der Waals surface area contributed by atoms with E-state index in [1.165, 1.54) is 86.1 Å². The molecule has 0 bridgehead atoms.